The lowest BCUT2D eigenvalue weighted by Gasteiger charge is -2.13. The van der Waals surface area contributed by atoms with Crippen LogP contribution in [-0.2, 0) is 22.4 Å². The number of thioether (sulfide) groups is 1. The number of aryl methyl sites for hydroxylation is 1. The summed E-state index contributed by atoms with van der Waals surface area (Å²) in [4.78, 5) is 38.6. The lowest BCUT2D eigenvalue weighted by Crippen LogP contribution is -2.36. The maximum Gasteiger partial charge on any atom is 0.294 e. The van der Waals surface area contributed by atoms with Gasteiger partial charge in [0.15, 0.2) is 11.5 Å². The number of aromatic hydroxyl groups is 1. The summed E-state index contributed by atoms with van der Waals surface area (Å²) in [6.07, 6.45) is 4.48. The van der Waals surface area contributed by atoms with E-state index < -0.39 is 17.1 Å². The van der Waals surface area contributed by atoms with Crippen molar-refractivity contribution in [3.63, 3.8) is 0 Å². The van der Waals surface area contributed by atoms with Crippen LogP contribution in [0.5, 0.6) is 11.5 Å². The van der Waals surface area contributed by atoms with E-state index >= 15 is 0 Å². The maximum absolute atomic E-state index is 12.8. The summed E-state index contributed by atoms with van der Waals surface area (Å²) in [6, 6.07) is 10.6. The van der Waals surface area contributed by atoms with E-state index in [2.05, 4.69) is 11.9 Å². The Morgan fingerprint density at radius 2 is 1.97 bits per heavy atom. The number of hydrogen-bond donors (Lipinski definition) is 2. The summed E-state index contributed by atoms with van der Waals surface area (Å²) < 4.78 is 5.19. The Morgan fingerprint density at radius 1 is 1.25 bits per heavy atom. The molecule has 1 saturated heterocycles. The Kier molecular flexibility index (Phi) is 7.37. The molecule has 1 fully saturated rings. The van der Waals surface area contributed by atoms with Gasteiger partial charge in [0.25, 0.3) is 11.1 Å². The van der Waals surface area contributed by atoms with Gasteiger partial charge in [-0.05, 0) is 66.1 Å². The average Bonchev–Trinajstić information content (AvgIpc) is 3.03. The molecule has 0 unspecified atom stereocenters. The molecule has 2 aromatic carbocycles. The van der Waals surface area contributed by atoms with Crippen molar-refractivity contribution in [3.05, 3.63) is 70.6 Å². The average molecular weight is 453 g/mol. The monoisotopic (exact) mass is 452 g/mol. The fraction of sp³-hybridized carbons (Fsp3) is 0.208. The third-order valence-electron chi connectivity index (χ3n) is 4.88. The number of allylic oxidation sites excluding steroid dienone is 1. The van der Waals surface area contributed by atoms with Gasteiger partial charge in [-0.2, -0.15) is 0 Å². The molecule has 1 heterocycles. The number of anilines is 1. The number of nitrogens with one attached hydrogen (secondary N) is 1. The van der Waals surface area contributed by atoms with Crippen LogP contribution in [0.25, 0.3) is 6.08 Å². The van der Waals surface area contributed by atoms with Gasteiger partial charge in [-0.25, -0.2) is 0 Å². The van der Waals surface area contributed by atoms with E-state index in [1.54, 1.807) is 36.4 Å². The number of carbonyl (C=O) groups excluding carboxylic acids is 3. The molecule has 0 spiro atoms. The van der Waals surface area contributed by atoms with Crippen molar-refractivity contribution in [2.75, 3.05) is 19.0 Å². The Bertz CT molecular complexity index is 1090. The minimum atomic E-state index is -0.547. The van der Waals surface area contributed by atoms with Gasteiger partial charge >= 0.3 is 0 Å². The van der Waals surface area contributed by atoms with Crippen molar-refractivity contribution in [2.45, 2.75) is 19.8 Å². The molecule has 1 aliphatic rings. The number of hydrogen-bond acceptors (Lipinski definition) is 6. The van der Waals surface area contributed by atoms with E-state index in [1.807, 2.05) is 19.1 Å². The van der Waals surface area contributed by atoms with E-state index in [9.17, 15) is 19.5 Å². The molecule has 8 heteroatoms. The van der Waals surface area contributed by atoms with Crippen LogP contribution < -0.4 is 10.1 Å². The fourth-order valence-corrected chi connectivity index (χ4v) is 4.03. The van der Waals surface area contributed by atoms with Gasteiger partial charge in [-0.1, -0.05) is 25.1 Å². The highest BCUT2D eigenvalue weighted by Gasteiger charge is 2.36. The molecule has 3 rings (SSSR count). The van der Waals surface area contributed by atoms with Crippen LogP contribution in [0.3, 0.4) is 0 Å². The maximum atomic E-state index is 12.8. The summed E-state index contributed by atoms with van der Waals surface area (Å²) >= 11 is 0.762. The molecule has 7 nitrogen and oxygen atoms in total. The van der Waals surface area contributed by atoms with Crippen molar-refractivity contribution >= 4 is 40.6 Å². The largest absolute Gasteiger partial charge is 0.504 e. The normalized spacial score (nSPS) is 14.7. The Labute approximate surface area is 190 Å². The minimum absolute atomic E-state index is 0.00120. The topological polar surface area (TPSA) is 95.9 Å². The van der Waals surface area contributed by atoms with Gasteiger partial charge in [-0.3, -0.25) is 19.3 Å². The zero-order chi connectivity index (χ0) is 23.3. The summed E-state index contributed by atoms with van der Waals surface area (Å²) in [5.41, 5.74) is 2.91. The SMILES string of the molecule is C=CCc1cc(/C=C2\SC(=O)N(CC(=O)Nc3ccc(CC)cc3)C2=O)cc(OC)c1O. The van der Waals surface area contributed by atoms with Gasteiger partial charge < -0.3 is 15.2 Å². The third kappa shape index (κ3) is 5.20. The standard InChI is InChI=1S/C24H24N2O5S/c1-4-6-17-11-16(12-19(31-3)22(17)28)13-20-23(29)26(24(30)32-20)14-21(27)25-18-9-7-15(5-2)8-10-18/h4,7-13,28H,1,5-6,14H2,2-3H3,(H,25,27)/b20-13-. The fourth-order valence-electron chi connectivity index (χ4n) is 3.19. The molecular formula is C24H24N2O5S. The number of nitrogens with zero attached hydrogens (tertiary/aromatic N) is 1. The zero-order valence-electron chi connectivity index (χ0n) is 17.9. The molecule has 0 atom stereocenters. The van der Waals surface area contributed by atoms with Gasteiger partial charge in [-0.15, -0.1) is 6.58 Å². The predicted octanol–water partition coefficient (Wildman–Crippen LogP) is 4.37. The molecular weight excluding hydrogens is 428 g/mol. The molecule has 2 N–H and O–H groups in total. The lowest BCUT2D eigenvalue weighted by atomic mass is 10.1. The molecule has 3 amide bonds. The zero-order valence-corrected chi connectivity index (χ0v) is 18.7. The number of amides is 3. The van der Waals surface area contributed by atoms with E-state index in [4.69, 9.17) is 4.74 Å². The van der Waals surface area contributed by atoms with Crippen molar-refractivity contribution in [2.24, 2.45) is 0 Å². The summed E-state index contributed by atoms with van der Waals surface area (Å²) in [5, 5.41) is 12.4. The van der Waals surface area contributed by atoms with E-state index in [1.165, 1.54) is 7.11 Å². The number of carbonyl (C=O) groups is 3. The highest BCUT2D eigenvalue weighted by molar-refractivity contribution is 8.18. The van der Waals surface area contributed by atoms with Gasteiger partial charge in [0, 0.05) is 11.3 Å². The molecule has 0 aromatic heterocycles. The molecule has 2 aromatic rings. The number of methoxy groups -OCH3 is 1. The molecule has 32 heavy (non-hydrogen) atoms. The first-order valence-corrected chi connectivity index (χ1v) is 10.8. The number of rotatable bonds is 8. The molecule has 166 valence electrons. The van der Waals surface area contributed by atoms with Crippen LogP contribution >= 0.6 is 11.8 Å². The second kappa shape index (κ2) is 10.2. The Balaban J connectivity index is 1.75. The van der Waals surface area contributed by atoms with Gasteiger partial charge in [0.2, 0.25) is 5.91 Å². The quantitative estimate of drug-likeness (QED) is 0.456. The summed E-state index contributed by atoms with van der Waals surface area (Å²) in [5.74, 6) is -0.754. The Hall–Kier alpha value is -3.52. The third-order valence-corrected chi connectivity index (χ3v) is 5.79. The van der Waals surface area contributed by atoms with Crippen LogP contribution in [0.15, 0.2) is 54.0 Å². The number of phenolic OH excluding ortho intramolecular Hbond substituents is 1. The van der Waals surface area contributed by atoms with E-state index in [-0.39, 0.29) is 22.9 Å². The van der Waals surface area contributed by atoms with Crippen molar-refractivity contribution in [1.82, 2.24) is 4.90 Å². The Morgan fingerprint density at radius 3 is 2.59 bits per heavy atom. The second-order valence-corrected chi connectivity index (χ2v) is 8.08. The first kappa shape index (κ1) is 23.1. The van der Waals surface area contributed by atoms with Gasteiger partial charge in [0.1, 0.15) is 6.54 Å². The minimum Gasteiger partial charge on any atom is -0.504 e. The van der Waals surface area contributed by atoms with Crippen LogP contribution in [0.2, 0.25) is 0 Å². The van der Waals surface area contributed by atoms with Crippen molar-refractivity contribution < 1.29 is 24.2 Å². The van der Waals surface area contributed by atoms with Crippen LogP contribution in [0.4, 0.5) is 10.5 Å². The first-order valence-electron chi connectivity index (χ1n) is 10.0. The number of imide groups is 1. The number of phenols is 1. The first-order chi connectivity index (χ1) is 15.4. The summed E-state index contributed by atoms with van der Waals surface area (Å²) in [7, 11) is 1.43. The van der Waals surface area contributed by atoms with Crippen molar-refractivity contribution in [3.8, 4) is 11.5 Å². The van der Waals surface area contributed by atoms with Gasteiger partial charge in [0.05, 0.1) is 12.0 Å². The van der Waals surface area contributed by atoms with E-state index in [0.29, 0.717) is 23.2 Å². The highest BCUT2D eigenvalue weighted by Crippen LogP contribution is 2.36. The molecule has 0 aliphatic carbocycles. The molecule has 0 bridgehead atoms. The molecule has 0 radical (unpaired) electrons. The highest BCUT2D eigenvalue weighted by atomic mass is 32.2. The summed E-state index contributed by atoms with van der Waals surface area (Å²) in [6.45, 7) is 5.33. The molecule has 1 aliphatic heterocycles. The van der Waals surface area contributed by atoms with Crippen LogP contribution in [-0.4, -0.2) is 40.7 Å². The smallest absolute Gasteiger partial charge is 0.294 e. The second-order valence-electron chi connectivity index (χ2n) is 7.09. The lowest BCUT2D eigenvalue weighted by molar-refractivity contribution is -0.127. The molecule has 0 saturated carbocycles. The number of ether oxygens (including phenoxy) is 1. The van der Waals surface area contributed by atoms with Crippen LogP contribution in [0.1, 0.15) is 23.6 Å². The number of benzene rings is 2. The van der Waals surface area contributed by atoms with E-state index in [0.717, 1.165) is 28.6 Å². The van der Waals surface area contributed by atoms with Crippen molar-refractivity contribution in [1.29, 1.82) is 0 Å². The van der Waals surface area contributed by atoms with Crippen LogP contribution in [0, 0.1) is 0 Å². The predicted molar refractivity (Wildman–Crippen MR) is 126 cm³/mol.